The molecule has 2 atom stereocenters. The molecule has 1 saturated heterocycles. The number of fused-ring (bicyclic) bond motifs is 3. The molecular weight excluding hydrogens is 269 g/mol. The first-order valence-electron chi connectivity index (χ1n) is 6.40. The molecule has 3 rings (SSSR count). The Hall–Kier alpha value is -0.840. The van der Waals surface area contributed by atoms with E-state index in [-0.39, 0.29) is 24.6 Å². The van der Waals surface area contributed by atoms with Crippen LogP contribution in [0.1, 0.15) is 24.0 Å². The average molecular weight is 288 g/mol. The van der Waals surface area contributed by atoms with Gasteiger partial charge in [0.15, 0.2) is 0 Å². The third-order valence-electron chi connectivity index (χ3n) is 3.99. The van der Waals surface area contributed by atoms with E-state index in [4.69, 9.17) is 9.47 Å². The average Bonchev–Trinajstić information content (AvgIpc) is 2.78. The summed E-state index contributed by atoms with van der Waals surface area (Å²) in [6, 6.07) is 6.01. The van der Waals surface area contributed by atoms with Crippen molar-refractivity contribution in [3.05, 3.63) is 29.3 Å². The molecule has 0 spiro atoms. The van der Waals surface area contributed by atoms with E-state index >= 15 is 0 Å². The van der Waals surface area contributed by atoms with E-state index in [1.165, 1.54) is 5.56 Å². The Labute approximate surface area is 118 Å². The summed E-state index contributed by atoms with van der Waals surface area (Å²) in [5.74, 6) is 1.12. The molecule has 106 valence electrons. The van der Waals surface area contributed by atoms with Crippen molar-refractivity contribution < 1.29 is 13.9 Å². The number of ether oxygens (including phenoxy) is 2. The van der Waals surface area contributed by atoms with Crippen LogP contribution in [0.15, 0.2) is 18.2 Å². The molecule has 1 aromatic carbocycles. The smallest absolute Gasteiger partial charge is 0.125 e. The van der Waals surface area contributed by atoms with Crippen molar-refractivity contribution in [3.8, 4) is 5.75 Å². The third-order valence-corrected chi connectivity index (χ3v) is 3.99. The van der Waals surface area contributed by atoms with Gasteiger partial charge in [-0.25, -0.2) is 4.39 Å². The van der Waals surface area contributed by atoms with Crippen LogP contribution in [0.4, 0.5) is 4.39 Å². The van der Waals surface area contributed by atoms with Gasteiger partial charge in [-0.1, -0.05) is 12.1 Å². The van der Waals surface area contributed by atoms with Gasteiger partial charge in [0.1, 0.15) is 19.0 Å². The molecule has 19 heavy (non-hydrogen) atoms. The summed E-state index contributed by atoms with van der Waals surface area (Å²) in [5, 5.41) is 3.38. The van der Waals surface area contributed by atoms with Crippen LogP contribution in [0.2, 0.25) is 0 Å². The summed E-state index contributed by atoms with van der Waals surface area (Å²) in [4.78, 5) is 0. The van der Waals surface area contributed by atoms with E-state index in [0.717, 1.165) is 24.4 Å². The van der Waals surface area contributed by atoms with Gasteiger partial charge >= 0.3 is 0 Å². The lowest BCUT2D eigenvalue weighted by Crippen LogP contribution is -2.39. The second-order valence-electron chi connectivity index (χ2n) is 5.15. The maximum atomic E-state index is 12.2. The van der Waals surface area contributed by atoms with Crippen LogP contribution in [0.3, 0.4) is 0 Å². The molecule has 5 heteroatoms. The zero-order chi connectivity index (χ0) is 12.6. The summed E-state index contributed by atoms with van der Waals surface area (Å²) in [6.45, 7) is 4.15. The van der Waals surface area contributed by atoms with Gasteiger partial charge in [-0.3, -0.25) is 0 Å². The summed E-state index contributed by atoms with van der Waals surface area (Å²) >= 11 is 0. The highest BCUT2D eigenvalue weighted by Crippen LogP contribution is 2.43. The monoisotopic (exact) mass is 287 g/mol. The van der Waals surface area contributed by atoms with Crippen molar-refractivity contribution in [3.63, 3.8) is 0 Å². The Bertz CT molecular complexity index is 457. The number of benzene rings is 1. The van der Waals surface area contributed by atoms with Crippen LogP contribution in [-0.4, -0.2) is 32.0 Å². The molecule has 2 heterocycles. The molecule has 1 N–H and O–H groups in total. The minimum Gasteiger partial charge on any atom is -0.490 e. The molecule has 0 aliphatic carbocycles. The lowest BCUT2D eigenvalue weighted by Gasteiger charge is -2.37. The summed E-state index contributed by atoms with van der Waals surface area (Å²) in [6.07, 6.45) is 0. The number of rotatable bonds is 3. The first kappa shape index (κ1) is 14.6. The lowest BCUT2D eigenvalue weighted by atomic mass is 9.81. The van der Waals surface area contributed by atoms with Gasteiger partial charge in [0.25, 0.3) is 0 Å². The summed E-state index contributed by atoms with van der Waals surface area (Å²) in [5.41, 5.74) is 2.24. The highest BCUT2D eigenvalue weighted by Gasteiger charge is 2.45. The zero-order valence-corrected chi connectivity index (χ0v) is 11.8. The van der Waals surface area contributed by atoms with E-state index in [1.807, 2.05) is 12.1 Å². The first-order chi connectivity index (χ1) is 8.74. The lowest BCUT2D eigenvalue weighted by molar-refractivity contribution is -0.0527. The molecule has 0 radical (unpaired) electrons. The van der Waals surface area contributed by atoms with Crippen molar-refractivity contribution in [2.24, 2.45) is 0 Å². The minimum absolute atomic E-state index is 0. The van der Waals surface area contributed by atoms with Gasteiger partial charge < -0.3 is 14.8 Å². The second-order valence-corrected chi connectivity index (χ2v) is 5.15. The van der Waals surface area contributed by atoms with Crippen molar-refractivity contribution in [1.82, 2.24) is 5.32 Å². The molecule has 0 unspecified atom stereocenters. The Morgan fingerprint density at radius 2 is 2.37 bits per heavy atom. The third kappa shape index (κ3) is 2.45. The molecule has 1 aromatic rings. The SMILES string of the molecule is C[C@@]12CNC[C@@H]1c1cccc(OCCF)c1CO2.Cl. The predicted molar refractivity (Wildman–Crippen MR) is 74.0 cm³/mol. The zero-order valence-electron chi connectivity index (χ0n) is 10.9. The number of alkyl halides is 1. The number of hydrogen-bond acceptors (Lipinski definition) is 3. The van der Waals surface area contributed by atoms with Crippen LogP contribution in [0, 0.1) is 0 Å². The Kier molecular flexibility index (Phi) is 4.33. The molecule has 1 fully saturated rings. The van der Waals surface area contributed by atoms with Crippen LogP contribution in [0.5, 0.6) is 5.75 Å². The largest absolute Gasteiger partial charge is 0.490 e. The molecule has 0 bridgehead atoms. The van der Waals surface area contributed by atoms with E-state index in [9.17, 15) is 4.39 Å². The second kappa shape index (κ2) is 5.65. The number of hydrogen-bond donors (Lipinski definition) is 1. The fourth-order valence-corrected chi connectivity index (χ4v) is 2.98. The molecule has 0 amide bonds. The van der Waals surface area contributed by atoms with Crippen LogP contribution < -0.4 is 10.1 Å². The van der Waals surface area contributed by atoms with Crippen LogP contribution in [0.25, 0.3) is 0 Å². The highest BCUT2D eigenvalue weighted by atomic mass is 35.5. The van der Waals surface area contributed by atoms with Gasteiger partial charge in [0.2, 0.25) is 0 Å². The Morgan fingerprint density at radius 3 is 3.16 bits per heavy atom. The first-order valence-corrected chi connectivity index (χ1v) is 6.40. The molecule has 0 saturated carbocycles. The van der Waals surface area contributed by atoms with E-state index < -0.39 is 6.67 Å². The molecule has 2 aliphatic heterocycles. The summed E-state index contributed by atoms with van der Waals surface area (Å²) in [7, 11) is 0. The molecule has 2 aliphatic rings. The Morgan fingerprint density at radius 1 is 1.53 bits per heavy atom. The number of halogens is 2. The van der Waals surface area contributed by atoms with Crippen LogP contribution >= 0.6 is 12.4 Å². The van der Waals surface area contributed by atoms with E-state index in [1.54, 1.807) is 0 Å². The van der Waals surface area contributed by atoms with Crippen molar-refractivity contribution in [2.45, 2.75) is 25.0 Å². The summed E-state index contributed by atoms with van der Waals surface area (Å²) < 4.78 is 23.7. The standard InChI is InChI=1S/C14H18FNO2.ClH/c1-14-9-16-7-12(14)10-3-2-4-13(17-6-5-15)11(10)8-18-14;/h2-4,12,16H,5-9H2,1H3;1H/t12-,14-;/m1./s1. The van der Waals surface area contributed by atoms with E-state index in [0.29, 0.717) is 12.5 Å². The maximum Gasteiger partial charge on any atom is 0.125 e. The van der Waals surface area contributed by atoms with E-state index in [2.05, 4.69) is 18.3 Å². The van der Waals surface area contributed by atoms with Gasteiger partial charge in [-0.2, -0.15) is 0 Å². The Balaban J connectivity index is 0.00000133. The quantitative estimate of drug-likeness (QED) is 0.926. The van der Waals surface area contributed by atoms with Gasteiger partial charge in [-0.15, -0.1) is 12.4 Å². The van der Waals surface area contributed by atoms with Crippen molar-refractivity contribution in [2.75, 3.05) is 26.4 Å². The van der Waals surface area contributed by atoms with Gasteiger partial charge in [0.05, 0.1) is 12.2 Å². The molecule has 3 nitrogen and oxygen atoms in total. The predicted octanol–water partition coefficient (Wildman–Crippen LogP) is 2.43. The molecule has 0 aromatic heterocycles. The van der Waals surface area contributed by atoms with Gasteiger partial charge in [0, 0.05) is 24.6 Å². The highest BCUT2D eigenvalue weighted by molar-refractivity contribution is 5.85. The van der Waals surface area contributed by atoms with Crippen molar-refractivity contribution >= 4 is 12.4 Å². The fraction of sp³-hybridized carbons (Fsp3) is 0.571. The minimum atomic E-state index is -0.465. The number of nitrogens with one attached hydrogen (secondary N) is 1. The molecular formula is C14H19ClFNO2. The van der Waals surface area contributed by atoms with Crippen LogP contribution in [-0.2, 0) is 11.3 Å². The van der Waals surface area contributed by atoms with Crippen molar-refractivity contribution in [1.29, 1.82) is 0 Å². The topological polar surface area (TPSA) is 30.5 Å². The fourth-order valence-electron chi connectivity index (χ4n) is 2.98. The maximum absolute atomic E-state index is 12.2. The van der Waals surface area contributed by atoms with Gasteiger partial charge in [-0.05, 0) is 18.6 Å². The normalized spacial score (nSPS) is 28.2.